The number of rotatable bonds is 4. The number of nitrogens with one attached hydrogen (secondary N) is 1. The maximum Gasteiger partial charge on any atom is 0.330 e. The van der Waals surface area contributed by atoms with Crippen LogP contribution in [0.15, 0.2) is 35.3 Å². The number of ketones is 1. The van der Waals surface area contributed by atoms with Crippen molar-refractivity contribution in [2.24, 2.45) is 5.73 Å². The molecule has 0 amide bonds. The standard InChI is InChI=1S/C13H15N3O2/c1-9-8-15-13(18)16(9)11-5-3-2-4-10(11)12(17)6-7-14/h2-5,8H,6-7,14H2,1H3,(H,15,18). The second-order valence-corrected chi connectivity index (χ2v) is 4.05. The second kappa shape index (κ2) is 5.01. The minimum Gasteiger partial charge on any atom is -0.330 e. The van der Waals surface area contributed by atoms with Gasteiger partial charge in [-0.25, -0.2) is 4.79 Å². The highest BCUT2D eigenvalue weighted by atomic mass is 16.1. The average Bonchev–Trinajstić information content (AvgIpc) is 2.69. The van der Waals surface area contributed by atoms with Crippen molar-refractivity contribution >= 4 is 5.78 Å². The summed E-state index contributed by atoms with van der Waals surface area (Å²) in [5.41, 5.74) is 7.03. The number of carbonyl (C=O) groups excluding carboxylic acids is 1. The monoisotopic (exact) mass is 245 g/mol. The van der Waals surface area contributed by atoms with Gasteiger partial charge in [0.15, 0.2) is 5.78 Å². The molecule has 5 nitrogen and oxygen atoms in total. The molecule has 0 saturated carbocycles. The number of para-hydroxylation sites is 1. The third kappa shape index (κ3) is 2.12. The summed E-state index contributed by atoms with van der Waals surface area (Å²) in [5.74, 6) is -0.0550. The van der Waals surface area contributed by atoms with Crippen LogP contribution in [0.3, 0.4) is 0 Å². The molecule has 0 aliphatic carbocycles. The molecule has 2 rings (SSSR count). The first-order chi connectivity index (χ1) is 8.65. The minimum absolute atomic E-state index is 0.0550. The number of aryl methyl sites for hydroxylation is 1. The van der Waals surface area contributed by atoms with Crippen molar-refractivity contribution in [2.75, 3.05) is 6.54 Å². The van der Waals surface area contributed by atoms with Gasteiger partial charge in [0, 0.05) is 23.9 Å². The summed E-state index contributed by atoms with van der Waals surface area (Å²) in [4.78, 5) is 26.3. The van der Waals surface area contributed by atoms with E-state index in [0.717, 1.165) is 5.69 Å². The third-order valence-corrected chi connectivity index (χ3v) is 2.78. The maximum atomic E-state index is 12.0. The number of carbonyl (C=O) groups is 1. The van der Waals surface area contributed by atoms with E-state index in [1.54, 1.807) is 30.5 Å². The molecular formula is C13H15N3O2. The lowest BCUT2D eigenvalue weighted by Gasteiger charge is -2.09. The lowest BCUT2D eigenvalue weighted by atomic mass is 10.1. The normalized spacial score (nSPS) is 10.6. The van der Waals surface area contributed by atoms with Crippen molar-refractivity contribution in [2.45, 2.75) is 13.3 Å². The van der Waals surface area contributed by atoms with Crippen LogP contribution < -0.4 is 11.4 Å². The SMILES string of the molecule is Cc1c[nH]c(=O)n1-c1ccccc1C(=O)CCN. The van der Waals surface area contributed by atoms with Gasteiger partial charge in [0.25, 0.3) is 0 Å². The Morgan fingerprint density at radius 2 is 2.11 bits per heavy atom. The molecule has 0 spiro atoms. The molecule has 0 fully saturated rings. The maximum absolute atomic E-state index is 12.0. The Bertz CT molecular complexity index is 625. The van der Waals surface area contributed by atoms with Crippen LogP contribution in [0.2, 0.25) is 0 Å². The fourth-order valence-corrected chi connectivity index (χ4v) is 1.93. The van der Waals surface area contributed by atoms with Gasteiger partial charge in [0.05, 0.1) is 5.69 Å². The summed E-state index contributed by atoms with van der Waals surface area (Å²) in [6.45, 7) is 2.11. The van der Waals surface area contributed by atoms with Gasteiger partial charge in [-0.3, -0.25) is 9.36 Å². The molecule has 0 saturated heterocycles. The van der Waals surface area contributed by atoms with Crippen LogP contribution in [-0.2, 0) is 0 Å². The van der Waals surface area contributed by atoms with Gasteiger partial charge < -0.3 is 10.7 Å². The molecular weight excluding hydrogens is 230 g/mol. The van der Waals surface area contributed by atoms with Crippen molar-refractivity contribution in [3.8, 4) is 5.69 Å². The summed E-state index contributed by atoms with van der Waals surface area (Å²) in [6, 6.07) is 7.05. The van der Waals surface area contributed by atoms with Crippen LogP contribution in [0, 0.1) is 6.92 Å². The largest absolute Gasteiger partial charge is 0.330 e. The van der Waals surface area contributed by atoms with E-state index in [1.165, 1.54) is 4.57 Å². The summed E-state index contributed by atoms with van der Waals surface area (Å²) in [5, 5.41) is 0. The summed E-state index contributed by atoms with van der Waals surface area (Å²) < 4.78 is 1.49. The molecule has 94 valence electrons. The number of benzene rings is 1. The predicted octanol–water partition coefficient (Wildman–Crippen LogP) is 1.01. The lowest BCUT2D eigenvalue weighted by Crippen LogP contribution is -2.19. The highest BCUT2D eigenvalue weighted by molar-refractivity contribution is 5.99. The zero-order chi connectivity index (χ0) is 13.1. The van der Waals surface area contributed by atoms with Crippen LogP contribution in [-0.4, -0.2) is 21.9 Å². The fraction of sp³-hybridized carbons (Fsp3) is 0.231. The quantitative estimate of drug-likeness (QED) is 0.789. The Morgan fingerprint density at radius 3 is 2.72 bits per heavy atom. The van der Waals surface area contributed by atoms with E-state index in [9.17, 15) is 9.59 Å². The van der Waals surface area contributed by atoms with Gasteiger partial charge in [0.2, 0.25) is 0 Å². The van der Waals surface area contributed by atoms with Gasteiger partial charge in [0.1, 0.15) is 0 Å². The number of aromatic nitrogens is 2. The summed E-state index contributed by atoms with van der Waals surface area (Å²) >= 11 is 0. The number of imidazole rings is 1. The number of H-pyrrole nitrogens is 1. The molecule has 0 atom stereocenters. The summed E-state index contributed by atoms with van der Waals surface area (Å²) in [7, 11) is 0. The molecule has 2 aromatic rings. The molecule has 1 aromatic heterocycles. The van der Waals surface area contributed by atoms with E-state index in [0.29, 0.717) is 17.8 Å². The first-order valence-electron chi connectivity index (χ1n) is 5.75. The van der Waals surface area contributed by atoms with E-state index in [4.69, 9.17) is 5.73 Å². The third-order valence-electron chi connectivity index (χ3n) is 2.78. The Hall–Kier alpha value is -2.14. The molecule has 0 radical (unpaired) electrons. The molecule has 1 heterocycles. The molecule has 1 aromatic carbocycles. The van der Waals surface area contributed by atoms with Gasteiger partial charge >= 0.3 is 5.69 Å². The van der Waals surface area contributed by atoms with E-state index in [-0.39, 0.29) is 17.9 Å². The minimum atomic E-state index is -0.250. The zero-order valence-electron chi connectivity index (χ0n) is 10.1. The van der Waals surface area contributed by atoms with Gasteiger partial charge in [-0.2, -0.15) is 0 Å². The van der Waals surface area contributed by atoms with Crippen LogP contribution in [0.4, 0.5) is 0 Å². The highest BCUT2D eigenvalue weighted by Gasteiger charge is 2.14. The number of hydrogen-bond donors (Lipinski definition) is 2. The predicted molar refractivity (Wildman–Crippen MR) is 69.1 cm³/mol. The van der Waals surface area contributed by atoms with Crippen LogP contribution in [0.1, 0.15) is 22.5 Å². The first-order valence-corrected chi connectivity index (χ1v) is 5.75. The van der Waals surface area contributed by atoms with E-state index >= 15 is 0 Å². The number of hydrogen-bond acceptors (Lipinski definition) is 3. The van der Waals surface area contributed by atoms with Gasteiger partial charge in [-0.1, -0.05) is 12.1 Å². The van der Waals surface area contributed by atoms with Gasteiger partial charge in [-0.05, 0) is 25.6 Å². The number of nitrogens with zero attached hydrogens (tertiary/aromatic N) is 1. The Labute approximate surface area is 104 Å². The van der Waals surface area contributed by atoms with Crippen LogP contribution in [0.25, 0.3) is 5.69 Å². The molecule has 0 unspecified atom stereocenters. The fourth-order valence-electron chi connectivity index (χ4n) is 1.93. The highest BCUT2D eigenvalue weighted by Crippen LogP contribution is 2.16. The van der Waals surface area contributed by atoms with Crippen LogP contribution >= 0.6 is 0 Å². The number of aromatic amines is 1. The molecule has 5 heteroatoms. The molecule has 3 N–H and O–H groups in total. The molecule has 0 bridgehead atoms. The van der Waals surface area contributed by atoms with Crippen molar-refractivity contribution in [1.29, 1.82) is 0 Å². The number of nitrogens with two attached hydrogens (primary N) is 1. The van der Waals surface area contributed by atoms with Crippen molar-refractivity contribution in [3.05, 3.63) is 52.2 Å². The summed E-state index contributed by atoms with van der Waals surface area (Å²) in [6.07, 6.45) is 1.89. The Kier molecular flexibility index (Phi) is 3.43. The molecule has 18 heavy (non-hydrogen) atoms. The Morgan fingerprint density at radius 1 is 1.39 bits per heavy atom. The zero-order valence-corrected chi connectivity index (χ0v) is 10.1. The Balaban J connectivity index is 2.59. The lowest BCUT2D eigenvalue weighted by molar-refractivity contribution is 0.0985. The van der Waals surface area contributed by atoms with Crippen molar-refractivity contribution in [3.63, 3.8) is 0 Å². The smallest absolute Gasteiger partial charge is 0.330 e. The van der Waals surface area contributed by atoms with E-state index in [1.807, 2.05) is 6.92 Å². The van der Waals surface area contributed by atoms with Gasteiger partial charge in [-0.15, -0.1) is 0 Å². The average molecular weight is 245 g/mol. The van der Waals surface area contributed by atoms with Crippen LogP contribution in [0.5, 0.6) is 0 Å². The van der Waals surface area contributed by atoms with E-state index in [2.05, 4.69) is 4.98 Å². The topological polar surface area (TPSA) is 80.9 Å². The van der Waals surface area contributed by atoms with E-state index < -0.39 is 0 Å². The van der Waals surface area contributed by atoms with Crippen molar-refractivity contribution < 1.29 is 4.79 Å². The van der Waals surface area contributed by atoms with Crippen molar-refractivity contribution in [1.82, 2.24) is 9.55 Å². The molecule has 0 aliphatic rings. The molecule has 0 aliphatic heterocycles. The first kappa shape index (κ1) is 12.3. The number of Topliss-reactive ketones (excluding diaryl/α,β-unsaturated/α-hetero) is 1. The second-order valence-electron chi connectivity index (χ2n) is 4.05.